The molecule has 1 aromatic carbocycles. The molecule has 0 radical (unpaired) electrons. The largest absolute Gasteiger partial charge is 0.385 e. The van der Waals surface area contributed by atoms with E-state index in [-0.39, 0.29) is 11.1 Å². The van der Waals surface area contributed by atoms with E-state index in [9.17, 15) is 8.78 Å². The maximum atomic E-state index is 13.4. The molecule has 0 amide bonds. The number of benzene rings is 1. The Morgan fingerprint density at radius 3 is 2.89 bits per heavy atom. The van der Waals surface area contributed by atoms with Gasteiger partial charge in [-0.1, -0.05) is 6.92 Å². The van der Waals surface area contributed by atoms with Gasteiger partial charge in [-0.25, -0.2) is 8.78 Å². The molecule has 0 saturated carbocycles. The van der Waals surface area contributed by atoms with Gasteiger partial charge in [0.25, 0.3) is 0 Å². The molecule has 0 bridgehead atoms. The molecule has 0 aliphatic carbocycles. The molecule has 102 valence electrons. The number of methoxy groups -OCH3 is 1. The van der Waals surface area contributed by atoms with Crippen LogP contribution in [0.4, 0.5) is 8.78 Å². The third-order valence-corrected chi connectivity index (χ3v) is 3.49. The molecule has 1 rings (SSSR count). The van der Waals surface area contributed by atoms with Gasteiger partial charge in [0.05, 0.1) is 0 Å². The highest BCUT2D eigenvalue weighted by Crippen LogP contribution is 2.26. The fourth-order valence-corrected chi connectivity index (χ4v) is 2.47. The molecule has 5 heteroatoms. The summed E-state index contributed by atoms with van der Waals surface area (Å²) in [5, 5.41) is 3.44. The summed E-state index contributed by atoms with van der Waals surface area (Å²) >= 11 is 1.34. The zero-order valence-corrected chi connectivity index (χ0v) is 11.5. The Bertz CT molecular complexity index is 363. The van der Waals surface area contributed by atoms with E-state index in [1.54, 1.807) is 7.11 Å². The van der Waals surface area contributed by atoms with Crippen molar-refractivity contribution in [3.63, 3.8) is 0 Å². The molecule has 2 nitrogen and oxygen atoms in total. The van der Waals surface area contributed by atoms with Crippen LogP contribution in [0.5, 0.6) is 0 Å². The van der Waals surface area contributed by atoms with Gasteiger partial charge in [0, 0.05) is 30.4 Å². The van der Waals surface area contributed by atoms with Crippen molar-refractivity contribution in [3.8, 4) is 0 Å². The fourth-order valence-electron chi connectivity index (χ4n) is 1.47. The maximum absolute atomic E-state index is 13.4. The van der Waals surface area contributed by atoms with E-state index < -0.39 is 5.82 Å². The summed E-state index contributed by atoms with van der Waals surface area (Å²) in [5.74, 6) is -0.771. The van der Waals surface area contributed by atoms with Crippen molar-refractivity contribution in [2.45, 2.75) is 23.5 Å². The average molecular weight is 275 g/mol. The zero-order valence-electron chi connectivity index (χ0n) is 10.7. The Morgan fingerprint density at radius 1 is 1.39 bits per heavy atom. The number of hydrogen-bond donors (Lipinski definition) is 1. The molecule has 0 aromatic heterocycles. The van der Waals surface area contributed by atoms with Crippen LogP contribution in [0.2, 0.25) is 0 Å². The lowest BCUT2D eigenvalue weighted by Crippen LogP contribution is -2.24. The number of rotatable bonds is 8. The van der Waals surface area contributed by atoms with Crippen LogP contribution in [-0.4, -0.2) is 32.1 Å². The van der Waals surface area contributed by atoms with Gasteiger partial charge < -0.3 is 10.1 Å². The van der Waals surface area contributed by atoms with Gasteiger partial charge in [0.1, 0.15) is 11.6 Å². The zero-order chi connectivity index (χ0) is 13.4. The van der Waals surface area contributed by atoms with Crippen LogP contribution >= 0.6 is 11.8 Å². The lowest BCUT2D eigenvalue weighted by molar-refractivity contribution is 0.194. The van der Waals surface area contributed by atoms with Gasteiger partial charge >= 0.3 is 0 Å². The van der Waals surface area contributed by atoms with Crippen LogP contribution in [0.15, 0.2) is 23.1 Å². The van der Waals surface area contributed by atoms with Crippen LogP contribution in [0.3, 0.4) is 0 Å². The second-order valence-electron chi connectivity index (χ2n) is 4.05. The fraction of sp³-hybridized carbons (Fsp3) is 0.538. The second-order valence-corrected chi connectivity index (χ2v) is 5.53. The van der Waals surface area contributed by atoms with Crippen LogP contribution in [-0.2, 0) is 4.74 Å². The van der Waals surface area contributed by atoms with E-state index in [2.05, 4.69) is 5.32 Å². The minimum Gasteiger partial charge on any atom is -0.385 e. The third-order valence-electron chi connectivity index (χ3n) is 2.36. The summed E-state index contributed by atoms with van der Waals surface area (Å²) in [4.78, 5) is 0.362. The Balaban J connectivity index is 2.30. The molecule has 18 heavy (non-hydrogen) atoms. The number of hydrogen-bond acceptors (Lipinski definition) is 3. The first kappa shape index (κ1) is 15.4. The van der Waals surface area contributed by atoms with E-state index >= 15 is 0 Å². The van der Waals surface area contributed by atoms with Crippen molar-refractivity contribution < 1.29 is 13.5 Å². The Hall–Kier alpha value is -0.650. The summed E-state index contributed by atoms with van der Waals surface area (Å²) in [7, 11) is 1.67. The quantitative estimate of drug-likeness (QED) is 0.582. The first-order valence-corrected chi connectivity index (χ1v) is 6.83. The lowest BCUT2D eigenvalue weighted by atomic mass is 10.3. The van der Waals surface area contributed by atoms with Crippen LogP contribution in [0.25, 0.3) is 0 Å². The van der Waals surface area contributed by atoms with E-state index in [0.717, 1.165) is 38.2 Å². The normalized spacial score (nSPS) is 12.7. The first-order valence-electron chi connectivity index (χ1n) is 5.95. The SMILES string of the molecule is COCCCNCC(C)Sc1cc(F)ccc1F. The lowest BCUT2D eigenvalue weighted by Gasteiger charge is -2.12. The molecule has 0 fully saturated rings. The number of thioether (sulfide) groups is 1. The van der Waals surface area contributed by atoms with Crippen molar-refractivity contribution >= 4 is 11.8 Å². The minimum absolute atomic E-state index is 0.184. The predicted molar refractivity (Wildman–Crippen MR) is 71.0 cm³/mol. The van der Waals surface area contributed by atoms with Crippen LogP contribution in [0.1, 0.15) is 13.3 Å². The van der Waals surface area contributed by atoms with Crippen LogP contribution < -0.4 is 5.32 Å². The van der Waals surface area contributed by atoms with Gasteiger partial charge in [0.2, 0.25) is 0 Å². The molecule has 0 saturated heterocycles. The smallest absolute Gasteiger partial charge is 0.136 e. The predicted octanol–water partition coefficient (Wildman–Crippen LogP) is 3.07. The van der Waals surface area contributed by atoms with E-state index in [1.807, 2.05) is 6.92 Å². The Labute approximate surface area is 111 Å². The summed E-state index contributed by atoms with van der Waals surface area (Å²) in [6.07, 6.45) is 0.947. The Kier molecular flexibility index (Phi) is 7.23. The van der Waals surface area contributed by atoms with Gasteiger partial charge in [-0.15, -0.1) is 11.8 Å². The van der Waals surface area contributed by atoms with Gasteiger partial charge in [-0.3, -0.25) is 0 Å². The standard InChI is InChI=1S/C13H19F2NOS/c1-10(9-16-6-3-7-17-2)18-13-8-11(14)4-5-12(13)15/h4-5,8,10,16H,3,6-7,9H2,1-2H3. The molecule has 1 aromatic rings. The third kappa shape index (κ3) is 5.80. The molecular formula is C13H19F2NOS. The highest BCUT2D eigenvalue weighted by atomic mass is 32.2. The van der Waals surface area contributed by atoms with E-state index in [1.165, 1.54) is 17.8 Å². The van der Waals surface area contributed by atoms with Gasteiger partial charge in [0.15, 0.2) is 0 Å². The monoisotopic (exact) mass is 275 g/mol. The van der Waals surface area contributed by atoms with Crippen molar-refractivity contribution in [2.75, 3.05) is 26.8 Å². The molecule has 1 atom stereocenters. The topological polar surface area (TPSA) is 21.3 Å². The molecule has 0 aliphatic heterocycles. The van der Waals surface area contributed by atoms with E-state index in [4.69, 9.17) is 4.74 Å². The molecule has 1 unspecified atom stereocenters. The minimum atomic E-state index is -0.404. The van der Waals surface area contributed by atoms with E-state index in [0.29, 0.717) is 4.90 Å². The van der Waals surface area contributed by atoms with Crippen molar-refractivity contribution in [1.82, 2.24) is 5.32 Å². The molecular weight excluding hydrogens is 256 g/mol. The maximum Gasteiger partial charge on any atom is 0.136 e. The van der Waals surface area contributed by atoms with Crippen molar-refractivity contribution in [2.24, 2.45) is 0 Å². The molecule has 0 aliphatic rings. The number of ether oxygens (including phenoxy) is 1. The number of halogens is 2. The first-order chi connectivity index (χ1) is 8.63. The molecule has 0 spiro atoms. The van der Waals surface area contributed by atoms with Crippen molar-refractivity contribution in [3.05, 3.63) is 29.8 Å². The summed E-state index contributed by atoms with van der Waals surface area (Å²) in [6.45, 7) is 4.33. The summed E-state index contributed by atoms with van der Waals surface area (Å²) in [5.41, 5.74) is 0. The highest BCUT2D eigenvalue weighted by molar-refractivity contribution is 8.00. The highest BCUT2D eigenvalue weighted by Gasteiger charge is 2.09. The second kappa shape index (κ2) is 8.45. The average Bonchev–Trinajstić information content (AvgIpc) is 2.33. The Morgan fingerprint density at radius 2 is 2.17 bits per heavy atom. The number of nitrogens with one attached hydrogen (secondary N) is 1. The molecule has 1 N–H and O–H groups in total. The van der Waals surface area contributed by atoms with Gasteiger partial charge in [-0.2, -0.15) is 0 Å². The molecule has 0 heterocycles. The van der Waals surface area contributed by atoms with Crippen LogP contribution in [0, 0.1) is 11.6 Å². The summed E-state index contributed by atoms with van der Waals surface area (Å²) in [6, 6.07) is 3.53. The van der Waals surface area contributed by atoms with Crippen molar-refractivity contribution in [1.29, 1.82) is 0 Å². The van der Waals surface area contributed by atoms with Gasteiger partial charge in [-0.05, 0) is 31.2 Å². The summed E-state index contributed by atoms with van der Waals surface area (Å²) < 4.78 is 31.3.